The lowest BCUT2D eigenvalue weighted by Gasteiger charge is -2.18. The van der Waals surface area contributed by atoms with Gasteiger partial charge in [-0.1, -0.05) is 0 Å². The van der Waals surface area contributed by atoms with E-state index >= 15 is 0 Å². The van der Waals surface area contributed by atoms with E-state index in [2.05, 4.69) is 15.4 Å². The Morgan fingerprint density at radius 3 is 3.14 bits per heavy atom. The molecule has 0 radical (unpaired) electrons. The first-order valence-electron chi connectivity index (χ1n) is 6.72. The van der Waals surface area contributed by atoms with Crippen LogP contribution in [0.15, 0.2) is 29.4 Å². The molecule has 0 bridgehead atoms. The van der Waals surface area contributed by atoms with Gasteiger partial charge in [0.05, 0.1) is 37.8 Å². The van der Waals surface area contributed by atoms with Crippen LogP contribution in [-0.2, 0) is 11.3 Å². The SMILES string of the molecule is CCn1cc(O[C@@H]2COC[C@@H]2NC(=O)c2cnco2)cn1. The second kappa shape index (κ2) is 5.96. The summed E-state index contributed by atoms with van der Waals surface area (Å²) in [5.41, 5.74) is 0. The summed E-state index contributed by atoms with van der Waals surface area (Å²) in [6.07, 6.45) is 5.79. The van der Waals surface area contributed by atoms with Crippen LogP contribution in [0, 0.1) is 0 Å². The topological polar surface area (TPSA) is 91.4 Å². The molecule has 1 aliphatic rings. The number of aromatic nitrogens is 3. The van der Waals surface area contributed by atoms with Crippen LogP contribution in [0.3, 0.4) is 0 Å². The number of carbonyl (C=O) groups excluding carboxylic acids is 1. The quantitative estimate of drug-likeness (QED) is 0.861. The van der Waals surface area contributed by atoms with Crippen LogP contribution in [0.1, 0.15) is 17.5 Å². The van der Waals surface area contributed by atoms with Gasteiger partial charge in [0.25, 0.3) is 5.91 Å². The standard InChI is InChI=1S/C13H16N4O4/c1-2-17-5-9(3-15-17)21-12-7-19-6-10(12)16-13(18)11-4-14-8-20-11/h3-5,8,10,12H,2,6-7H2,1H3,(H,16,18)/t10-,12+/m0/s1. The Morgan fingerprint density at radius 1 is 1.52 bits per heavy atom. The summed E-state index contributed by atoms with van der Waals surface area (Å²) < 4.78 is 17.9. The van der Waals surface area contributed by atoms with Crippen molar-refractivity contribution in [1.29, 1.82) is 0 Å². The molecule has 2 atom stereocenters. The zero-order valence-electron chi connectivity index (χ0n) is 11.6. The molecule has 0 spiro atoms. The van der Waals surface area contributed by atoms with Crippen LogP contribution >= 0.6 is 0 Å². The van der Waals surface area contributed by atoms with Crippen molar-refractivity contribution in [1.82, 2.24) is 20.1 Å². The number of hydrogen-bond acceptors (Lipinski definition) is 6. The lowest BCUT2D eigenvalue weighted by molar-refractivity contribution is 0.0876. The highest BCUT2D eigenvalue weighted by atomic mass is 16.5. The molecule has 1 aliphatic heterocycles. The molecular weight excluding hydrogens is 276 g/mol. The largest absolute Gasteiger partial charge is 0.482 e. The molecular formula is C13H16N4O4. The molecule has 2 aromatic heterocycles. The zero-order chi connectivity index (χ0) is 14.7. The number of ether oxygens (including phenoxy) is 2. The maximum atomic E-state index is 11.9. The third-order valence-corrected chi connectivity index (χ3v) is 3.22. The van der Waals surface area contributed by atoms with Gasteiger partial charge >= 0.3 is 0 Å². The van der Waals surface area contributed by atoms with Crippen LogP contribution < -0.4 is 10.1 Å². The summed E-state index contributed by atoms with van der Waals surface area (Å²) in [5.74, 6) is 0.492. The van der Waals surface area contributed by atoms with Gasteiger partial charge in [-0.25, -0.2) is 4.98 Å². The molecule has 8 heteroatoms. The predicted octanol–water partition coefficient (Wildman–Crippen LogP) is 0.467. The van der Waals surface area contributed by atoms with Gasteiger partial charge in [-0.3, -0.25) is 9.48 Å². The van der Waals surface area contributed by atoms with Crippen LogP contribution in [0.25, 0.3) is 0 Å². The van der Waals surface area contributed by atoms with Crippen LogP contribution in [0.2, 0.25) is 0 Å². The number of aryl methyl sites for hydroxylation is 1. The van der Waals surface area contributed by atoms with Crippen molar-refractivity contribution >= 4 is 5.91 Å². The highest BCUT2D eigenvalue weighted by Crippen LogP contribution is 2.17. The van der Waals surface area contributed by atoms with Gasteiger partial charge in [-0.15, -0.1) is 0 Å². The van der Waals surface area contributed by atoms with Gasteiger partial charge < -0.3 is 19.2 Å². The average Bonchev–Trinajstić information content (AvgIpc) is 3.21. The molecule has 112 valence electrons. The van der Waals surface area contributed by atoms with Crippen molar-refractivity contribution in [3.63, 3.8) is 0 Å². The second-order valence-electron chi connectivity index (χ2n) is 4.67. The van der Waals surface area contributed by atoms with Crippen molar-refractivity contribution in [3.8, 4) is 5.75 Å². The molecule has 1 N–H and O–H groups in total. The molecule has 1 saturated heterocycles. The van der Waals surface area contributed by atoms with E-state index in [0.29, 0.717) is 19.0 Å². The zero-order valence-corrected chi connectivity index (χ0v) is 11.6. The van der Waals surface area contributed by atoms with E-state index in [-0.39, 0.29) is 23.8 Å². The monoisotopic (exact) mass is 292 g/mol. The predicted molar refractivity (Wildman–Crippen MR) is 70.9 cm³/mol. The molecule has 21 heavy (non-hydrogen) atoms. The fourth-order valence-corrected chi connectivity index (χ4v) is 2.11. The van der Waals surface area contributed by atoms with E-state index in [1.807, 2.05) is 13.1 Å². The van der Waals surface area contributed by atoms with E-state index in [0.717, 1.165) is 6.54 Å². The number of hydrogen-bond donors (Lipinski definition) is 1. The molecule has 3 rings (SSSR count). The molecule has 0 aliphatic carbocycles. The Morgan fingerprint density at radius 2 is 2.43 bits per heavy atom. The third kappa shape index (κ3) is 3.05. The number of amides is 1. The van der Waals surface area contributed by atoms with E-state index in [1.54, 1.807) is 10.9 Å². The van der Waals surface area contributed by atoms with Gasteiger partial charge in [0.2, 0.25) is 5.76 Å². The number of nitrogens with one attached hydrogen (secondary N) is 1. The van der Waals surface area contributed by atoms with Crippen molar-refractivity contribution in [2.75, 3.05) is 13.2 Å². The Balaban J connectivity index is 1.61. The minimum absolute atomic E-state index is 0.166. The highest BCUT2D eigenvalue weighted by molar-refractivity contribution is 5.91. The fourth-order valence-electron chi connectivity index (χ4n) is 2.11. The number of rotatable bonds is 5. The smallest absolute Gasteiger partial charge is 0.289 e. The normalized spacial score (nSPS) is 21.4. The summed E-state index contributed by atoms with van der Waals surface area (Å²) in [7, 11) is 0. The van der Waals surface area contributed by atoms with Crippen LogP contribution in [-0.4, -0.2) is 46.0 Å². The third-order valence-electron chi connectivity index (χ3n) is 3.22. The summed E-state index contributed by atoms with van der Waals surface area (Å²) >= 11 is 0. The Hall–Kier alpha value is -2.35. The maximum Gasteiger partial charge on any atom is 0.289 e. The van der Waals surface area contributed by atoms with Gasteiger partial charge in [-0.05, 0) is 6.92 Å². The lowest BCUT2D eigenvalue weighted by atomic mass is 10.2. The fraction of sp³-hybridized carbons (Fsp3) is 0.462. The molecule has 0 unspecified atom stereocenters. The second-order valence-corrected chi connectivity index (χ2v) is 4.67. The molecule has 8 nitrogen and oxygen atoms in total. The number of nitrogens with zero attached hydrogens (tertiary/aromatic N) is 3. The lowest BCUT2D eigenvalue weighted by Crippen LogP contribution is -2.45. The van der Waals surface area contributed by atoms with E-state index in [1.165, 1.54) is 12.6 Å². The summed E-state index contributed by atoms with van der Waals surface area (Å²) in [6, 6.07) is -0.243. The van der Waals surface area contributed by atoms with Crippen molar-refractivity contribution in [3.05, 3.63) is 30.7 Å². The van der Waals surface area contributed by atoms with E-state index < -0.39 is 0 Å². The first-order valence-corrected chi connectivity index (χ1v) is 6.72. The van der Waals surface area contributed by atoms with Crippen molar-refractivity contribution in [2.45, 2.75) is 25.6 Å². The van der Waals surface area contributed by atoms with Crippen molar-refractivity contribution in [2.24, 2.45) is 0 Å². The highest BCUT2D eigenvalue weighted by Gasteiger charge is 2.32. The molecule has 1 amide bonds. The van der Waals surface area contributed by atoms with Gasteiger partial charge in [-0.2, -0.15) is 5.10 Å². The Bertz CT molecular complexity index is 595. The number of carbonyl (C=O) groups is 1. The summed E-state index contributed by atoms with van der Waals surface area (Å²) in [4.78, 5) is 15.7. The molecule has 3 heterocycles. The first-order chi connectivity index (χ1) is 10.3. The summed E-state index contributed by atoms with van der Waals surface area (Å²) in [5, 5.41) is 6.97. The van der Waals surface area contributed by atoms with Crippen LogP contribution in [0.5, 0.6) is 5.75 Å². The first kappa shape index (κ1) is 13.6. The molecule has 0 aromatic carbocycles. The number of oxazole rings is 1. The Labute approximate surface area is 121 Å². The van der Waals surface area contributed by atoms with Crippen molar-refractivity contribution < 1.29 is 18.7 Å². The van der Waals surface area contributed by atoms with Gasteiger partial charge in [0.15, 0.2) is 12.1 Å². The molecule has 0 saturated carbocycles. The van der Waals surface area contributed by atoms with Gasteiger partial charge in [0.1, 0.15) is 6.10 Å². The molecule has 1 fully saturated rings. The molecule has 2 aromatic rings. The average molecular weight is 292 g/mol. The van der Waals surface area contributed by atoms with E-state index in [9.17, 15) is 4.79 Å². The minimum atomic E-state index is -0.333. The minimum Gasteiger partial charge on any atom is -0.482 e. The van der Waals surface area contributed by atoms with Crippen LogP contribution in [0.4, 0.5) is 0 Å². The summed E-state index contributed by atoms with van der Waals surface area (Å²) in [6.45, 7) is 3.58. The Kier molecular flexibility index (Phi) is 3.87. The van der Waals surface area contributed by atoms with E-state index in [4.69, 9.17) is 13.9 Å². The maximum absolute atomic E-state index is 11.9. The van der Waals surface area contributed by atoms with Gasteiger partial charge in [0, 0.05) is 6.54 Å².